The highest BCUT2D eigenvalue weighted by Crippen LogP contribution is 2.50. The maximum absolute atomic E-state index is 6.97. The molecule has 0 bridgehead atoms. The first-order chi connectivity index (χ1) is 29.5. The van der Waals surface area contributed by atoms with Crippen molar-refractivity contribution >= 4 is 44.6 Å². The van der Waals surface area contributed by atoms with E-state index in [1.54, 1.807) is 0 Å². The Bertz CT molecular complexity index is 3000. The summed E-state index contributed by atoms with van der Waals surface area (Å²) in [7, 11) is 0. The van der Waals surface area contributed by atoms with E-state index in [-0.39, 0.29) is 10.8 Å². The molecule has 300 valence electrons. The first-order valence-corrected chi connectivity index (χ1v) is 21.2. The zero-order valence-electron chi connectivity index (χ0n) is 35.7. The van der Waals surface area contributed by atoms with Gasteiger partial charge in [-0.05, 0) is 81.6 Å². The monoisotopic (exact) mass is 794 g/mol. The first kappa shape index (κ1) is 38.1. The number of pyridine rings is 1. The number of nitrogens with zero attached hydrogens (tertiary/aromatic N) is 4. The van der Waals surface area contributed by atoms with Crippen molar-refractivity contribution in [1.82, 2.24) is 9.55 Å². The lowest BCUT2D eigenvalue weighted by Crippen LogP contribution is -2.24. The second-order valence-electron chi connectivity index (χ2n) is 18.1. The van der Waals surface area contributed by atoms with Crippen LogP contribution in [-0.2, 0) is 10.8 Å². The Morgan fingerprint density at radius 3 is 1.80 bits per heavy atom. The summed E-state index contributed by atoms with van der Waals surface area (Å²) in [5, 5.41) is 2.44. The number of benzene rings is 7. The fourth-order valence-electron chi connectivity index (χ4n) is 8.99. The normalized spacial score (nSPS) is 13.0. The summed E-state index contributed by atoms with van der Waals surface area (Å²) in [6.07, 6.45) is 1.94. The fraction of sp³-hybridized carbons (Fsp3) is 0.161. The topological polar surface area (TPSA) is 33.5 Å². The molecule has 10 rings (SSSR count). The fourth-order valence-corrected chi connectivity index (χ4v) is 8.99. The Morgan fingerprint density at radius 2 is 1.13 bits per heavy atom. The molecule has 0 amide bonds. The number of hydrogen-bond donors (Lipinski definition) is 0. The Kier molecular flexibility index (Phi) is 9.29. The molecule has 0 fully saturated rings. The summed E-state index contributed by atoms with van der Waals surface area (Å²) in [6, 6.07) is 62.9. The number of anilines is 4. The third kappa shape index (κ3) is 6.90. The van der Waals surface area contributed by atoms with Crippen molar-refractivity contribution in [3.63, 3.8) is 0 Å². The van der Waals surface area contributed by atoms with Gasteiger partial charge in [-0.3, -0.25) is 4.57 Å². The summed E-state index contributed by atoms with van der Waals surface area (Å²) >= 11 is 0. The molecule has 0 atom stereocenters. The predicted molar refractivity (Wildman–Crippen MR) is 255 cm³/mol. The highest BCUT2D eigenvalue weighted by molar-refractivity contribution is 6.11. The quantitative estimate of drug-likeness (QED) is 0.161. The maximum Gasteiger partial charge on any atom is 0.137 e. The largest absolute Gasteiger partial charge is 0.457 e. The summed E-state index contributed by atoms with van der Waals surface area (Å²) in [5.74, 6) is 2.47. The summed E-state index contributed by atoms with van der Waals surface area (Å²) in [4.78, 5) is 9.83. The highest BCUT2D eigenvalue weighted by Gasteiger charge is 2.32. The molecule has 9 aromatic rings. The van der Waals surface area contributed by atoms with Crippen molar-refractivity contribution in [2.24, 2.45) is 0 Å². The number of para-hydroxylation sites is 4. The Hall–Kier alpha value is -7.11. The number of ether oxygens (including phenoxy) is 1. The van der Waals surface area contributed by atoms with Crippen LogP contribution in [0.25, 0.3) is 49.9 Å². The smallest absolute Gasteiger partial charge is 0.137 e. The van der Waals surface area contributed by atoms with Gasteiger partial charge in [-0.2, -0.15) is 0 Å². The van der Waals surface area contributed by atoms with Crippen LogP contribution in [0.15, 0.2) is 182 Å². The lowest BCUT2D eigenvalue weighted by atomic mass is 9.84. The molecule has 0 saturated heterocycles. The van der Waals surface area contributed by atoms with Crippen LogP contribution >= 0.6 is 0 Å². The van der Waals surface area contributed by atoms with Crippen LogP contribution < -0.4 is 14.5 Å². The Morgan fingerprint density at radius 1 is 0.508 bits per heavy atom. The van der Waals surface area contributed by atoms with Crippen molar-refractivity contribution in [1.29, 1.82) is 0 Å². The zero-order valence-corrected chi connectivity index (χ0v) is 35.7. The van der Waals surface area contributed by atoms with Gasteiger partial charge in [-0.1, -0.05) is 157 Å². The Labute approximate surface area is 359 Å². The molecule has 7 aromatic carbocycles. The van der Waals surface area contributed by atoms with Gasteiger partial charge in [-0.15, -0.1) is 0 Å². The van der Waals surface area contributed by atoms with Gasteiger partial charge >= 0.3 is 0 Å². The van der Waals surface area contributed by atoms with Crippen LogP contribution in [0.5, 0.6) is 11.5 Å². The average molecular weight is 795 g/mol. The minimum absolute atomic E-state index is 0.0192. The minimum atomic E-state index is -0.160. The van der Waals surface area contributed by atoms with E-state index in [0.717, 1.165) is 45.4 Å². The molecule has 0 spiro atoms. The molecule has 1 aliphatic rings. The van der Waals surface area contributed by atoms with E-state index >= 15 is 0 Å². The molecule has 0 N–H and O–H groups in total. The van der Waals surface area contributed by atoms with Crippen LogP contribution in [-0.4, -0.2) is 16.2 Å². The van der Waals surface area contributed by atoms with Gasteiger partial charge in [0.1, 0.15) is 24.0 Å². The van der Waals surface area contributed by atoms with Crippen molar-refractivity contribution in [2.45, 2.75) is 52.4 Å². The first-order valence-electron chi connectivity index (χ1n) is 21.2. The molecule has 5 heteroatoms. The molecule has 61 heavy (non-hydrogen) atoms. The molecule has 0 saturated carbocycles. The molecule has 5 nitrogen and oxygen atoms in total. The molecule has 1 aliphatic heterocycles. The van der Waals surface area contributed by atoms with Crippen molar-refractivity contribution in [3.8, 4) is 39.6 Å². The van der Waals surface area contributed by atoms with Gasteiger partial charge in [0.05, 0.1) is 28.1 Å². The van der Waals surface area contributed by atoms with Crippen molar-refractivity contribution < 1.29 is 4.74 Å². The van der Waals surface area contributed by atoms with E-state index in [0.29, 0.717) is 6.67 Å². The molecule has 2 aromatic heterocycles. The second kappa shape index (κ2) is 14.9. The number of rotatable bonds is 7. The van der Waals surface area contributed by atoms with Crippen molar-refractivity contribution in [2.75, 3.05) is 16.5 Å². The van der Waals surface area contributed by atoms with E-state index in [9.17, 15) is 0 Å². The zero-order chi connectivity index (χ0) is 41.9. The molecular formula is C56H50N4O. The lowest BCUT2D eigenvalue weighted by Gasteiger charge is -2.27. The van der Waals surface area contributed by atoms with E-state index in [1.807, 2.05) is 6.20 Å². The predicted octanol–water partition coefficient (Wildman–Crippen LogP) is 15.1. The highest BCUT2D eigenvalue weighted by atomic mass is 16.5. The lowest BCUT2D eigenvalue weighted by molar-refractivity contribution is 0.480. The second-order valence-corrected chi connectivity index (χ2v) is 18.1. The van der Waals surface area contributed by atoms with Gasteiger partial charge in [0.15, 0.2) is 0 Å². The third-order valence-corrected chi connectivity index (χ3v) is 12.0. The van der Waals surface area contributed by atoms with Crippen LogP contribution in [0.2, 0.25) is 0 Å². The van der Waals surface area contributed by atoms with Crippen LogP contribution in [0.3, 0.4) is 0 Å². The average Bonchev–Trinajstić information content (AvgIpc) is 3.82. The minimum Gasteiger partial charge on any atom is -0.457 e. The standard InChI is InChI=1S/C56H50N4O/c1-55(2,3)40-31-32-57-52(33-40)60-48-28-14-13-25-46(48)53-47(56(4,5)6)35-43(36-51(53)60)61-42-24-17-23-41(34-42)58-37-59(50-30-16-15-29-49(50)58)54-44(38-19-9-7-10-20-38)26-18-27-45(54)39-21-11-8-12-22-39/h7-36H,37H2,1-6H3. The van der Waals surface area contributed by atoms with Crippen LogP contribution in [0.4, 0.5) is 22.7 Å². The molecule has 0 aliphatic carbocycles. The van der Waals surface area contributed by atoms with Gasteiger partial charge in [-0.25, -0.2) is 4.98 Å². The third-order valence-electron chi connectivity index (χ3n) is 12.0. The van der Waals surface area contributed by atoms with E-state index in [2.05, 4.69) is 232 Å². The number of fused-ring (bicyclic) bond motifs is 4. The molecular weight excluding hydrogens is 745 g/mol. The van der Waals surface area contributed by atoms with E-state index in [4.69, 9.17) is 9.72 Å². The van der Waals surface area contributed by atoms with Crippen LogP contribution in [0, 0.1) is 0 Å². The number of hydrogen-bond acceptors (Lipinski definition) is 4. The van der Waals surface area contributed by atoms with Gasteiger partial charge < -0.3 is 14.5 Å². The summed E-state index contributed by atoms with van der Waals surface area (Å²) in [6.45, 7) is 14.2. The van der Waals surface area contributed by atoms with Crippen molar-refractivity contribution in [3.05, 3.63) is 193 Å². The van der Waals surface area contributed by atoms with Gasteiger partial charge in [0, 0.05) is 45.9 Å². The SMILES string of the molecule is CC(C)(C)c1ccnc(-n2c3ccccc3c3c(C(C)(C)C)cc(Oc4cccc(N5CN(c6c(-c7ccccc7)cccc6-c6ccccc6)c6ccccc65)c4)cc32)c1. The summed E-state index contributed by atoms with van der Waals surface area (Å²) < 4.78 is 9.28. The molecule has 3 heterocycles. The molecule has 0 unspecified atom stereocenters. The maximum atomic E-state index is 6.97. The van der Waals surface area contributed by atoms with Gasteiger partial charge in [0.2, 0.25) is 0 Å². The van der Waals surface area contributed by atoms with Gasteiger partial charge in [0.25, 0.3) is 0 Å². The Balaban J connectivity index is 1.07. The van der Waals surface area contributed by atoms with E-state index < -0.39 is 0 Å². The molecule has 0 radical (unpaired) electrons. The van der Waals surface area contributed by atoms with Crippen LogP contribution in [0.1, 0.15) is 52.7 Å². The number of aromatic nitrogens is 2. The van der Waals surface area contributed by atoms with E-state index in [1.165, 1.54) is 49.8 Å². The summed E-state index contributed by atoms with van der Waals surface area (Å²) in [5.41, 5.74) is 13.8.